The number of rotatable bonds is 2. The molecule has 0 unspecified atom stereocenters. The van der Waals surface area contributed by atoms with Gasteiger partial charge < -0.3 is 5.32 Å². The predicted octanol–water partition coefficient (Wildman–Crippen LogP) is 3.04. The molecule has 0 amide bonds. The first-order valence-electron chi connectivity index (χ1n) is 4.09. The molecule has 1 aromatic rings. The summed E-state index contributed by atoms with van der Waals surface area (Å²) in [6.45, 7) is 4.29. The molecule has 1 atom stereocenters. The van der Waals surface area contributed by atoms with Crippen LogP contribution < -0.4 is 5.32 Å². The number of hydrogen-bond acceptors (Lipinski definition) is 1. The standard InChI is InChI=1S/C10H14BrN/c1-7-9(8(2)12-3)5-4-6-10(7)11/h4-6,8,12H,1-3H3/t8-/m1/s1. The lowest BCUT2D eigenvalue weighted by molar-refractivity contribution is 0.648. The first-order chi connectivity index (χ1) is 5.66. The van der Waals surface area contributed by atoms with Gasteiger partial charge in [-0.15, -0.1) is 0 Å². The minimum atomic E-state index is 0.419. The summed E-state index contributed by atoms with van der Waals surface area (Å²) in [4.78, 5) is 0. The highest BCUT2D eigenvalue weighted by molar-refractivity contribution is 9.10. The monoisotopic (exact) mass is 227 g/mol. The highest BCUT2D eigenvalue weighted by atomic mass is 79.9. The number of nitrogens with one attached hydrogen (secondary N) is 1. The Morgan fingerprint density at radius 2 is 2.08 bits per heavy atom. The molecule has 0 aliphatic heterocycles. The molecule has 1 nitrogen and oxygen atoms in total. The van der Waals surface area contributed by atoms with Gasteiger partial charge in [0, 0.05) is 10.5 Å². The molecule has 1 N–H and O–H groups in total. The Kier molecular flexibility index (Phi) is 3.29. The number of halogens is 1. The summed E-state index contributed by atoms with van der Waals surface area (Å²) in [7, 11) is 1.98. The Labute approximate surface area is 82.3 Å². The molecule has 0 aromatic heterocycles. The molecule has 0 bridgehead atoms. The third-order valence-electron chi connectivity index (χ3n) is 2.21. The fourth-order valence-corrected chi connectivity index (χ4v) is 1.63. The number of hydrogen-bond donors (Lipinski definition) is 1. The van der Waals surface area contributed by atoms with E-state index in [-0.39, 0.29) is 0 Å². The van der Waals surface area contributed by atoms with Gasteiger partial charge in [-0.2, -0.15) is 0 Å². The Bertz CT molecular complexity index is 271. The smallest absolute Gasteiger partial charge is 0.0292 e. The van der Waals surface area contributed by atoms with Crippen LogP contribution in [0.2, 0.25) is 0 Å². The van der Waals surface area contributed by atoms with Crippen molar-refractivity contribution in [2.75, 3.05) is 7.05 Å². The Morgan fingerprint density at radius 3 is 2.67 bits per heavy atom. The second-order valence-electron chi connectivity index (χ2n) is 2.96. The van der Waals surface area contributed by atoms with E-state index in [9.17, 15) is 0 Å². The van der Waals surface area contributed by atoms with E-state index >= 15 is 0 Å². The summed E-state index contributed by atoms with van der Waals surface area (Å²) in [6.07, 6.45) is 0. The molecule has 1 rings (SSSR count). The van der Waals surface area contributed by atoms with Gasteiger partial charge in [-0.1, -0.05) is 28.1 Å². The molecule has 66 valence electrons. The summed E-state index contributed by atoms with van der Waals surface area (Å²) in [6, 6.07) is 6.71. The third-order valence-corrected chi connectivity index (χ3v) is 3.07. The fraction of sp³-hybridized carbons (Fsp3) is 0.400. The van der Waals surface area contributed by atoms with Gasteiger partial charge in [0.05, 0.1) is 0 Å². The fourth-order valence-electron chi connectivity index (χ4n) is 1.25. The van der Waals surface area contributed by atoms with E-state index in [1.54, 1.807) is 0 Å². The quantitative estimate of drug-likeness (QED) is 0.820. The number of benzene rings is 1. The molecule has 12 heavy (non-hydrogen) atoms. The lowest BCUT2D eigenvalue weighted by Gasteiger charge is -2.14. The van der Waals surface area contributed by atoms with E-state index in [1.807, 2.05) is 7.05 Å². The second-order valence-corrected chi connectivity index (χ2v) is 3.82. The van der Waals surface area contributed by atoms with Crippen molar-refractivity contribution >= 4 is 15.9 Å². The molecule has 1 aromatic carbocycles. The molecule has 0 saturated carbocycles. The summed E-state index contributed by atoms with van der Waals surface area (Å²) >= 11 is 3.52. The minimum Gasteiger partial charge on any atom is -0.313 e. The molecule has 0 radical (unpaired) electrons. The van der Waals surface area contributed by atoms with Crippen molar-refractivity contribution in [1.82, 2.24) is 5.32 Å². The van der Waals surface area contributed by atoms with Crippen molar-refractivity contribution in [3.63, 3.8) is 0 Å². The molecular weight excluding hydrogens is 214 g/mol. The van der Waals surface area contributed by atoms with Gasteiger partial charge >= 0.3 is 0 Å². The molecular formula is C10H14BrN. The van der Waals surface area contributed by atoms with Crippen LogP contribution in [0.1, 0.15) is 24.1 Å². The zero-order valence-corrected chi connectivity index (χ0v) is 9.27. The van der Waals surface area contributed by atoms with Crippen molar-refractivity contribution in [1.29, 1.82) is 0 Å². The van der Waals surface area contributed by atoms with E-state index in [0.29, 0.717) is 6.04 Å². The maximum absolute atomic E-state index is 3.52. The normalized spacial score (nSPS) is 13.0. The van der Waals surface area contributed by atoms with Gasteiger partial charge in [0.15, 0.2) is 0 Å². The Hall–Kier alpha value is -0.340. The zero-order valence-electron chi connectivity index (χ0n) is 7.69. The van der Waals surface area contributed by atoms with E-state index < -0.39 is 0 Å². The van der Waals surface area contributed by atoms with Crippen molar-refractivity contribution in [3.05, 3.63) is 33.8 Å². The molecule has 0 aliphatic rings. The van der Waals surface area contributed by atoms with Crippen LogP contribution in [0.3, 0.4) is 0 Å². The first kappa shape index (κ1) is 9.75. The minimum absolute atomic E-state index is 0.419. The molecule has 2 heteroatoms. The average molecular weight is 228 g/mol. The summed E-state index contributed by atoms with van der Waals surface area (Å²) in [5, 5.41) is 3.23. The molecule has 0 saturated heterocycles. The second kappa shape index (κ2) is 4.06. The van der Waals surface area contributed by atoms with Crippen molar-refractivity contribution in [3.8, 4) is 0 Å². The van der Waals surface area contributed by atoms with Crippen molar-refractivity contribution < 1.29 is 0 Å². The maximum Gasteiger partial charge on any atom is 0.0292 e. The van der Waals surface area contributed by atoms with Crippen LogP contribution in [0.5, 0.6) is 0 Å². The lowest BCUT2D eigenvalue weighted by Crippen LogP contribution is -2.13. The highest BCUT2D eigenvalue weighted by Gasteiger charge is 2.06. The van der Waals surface area contributed by atoms with Crippen LogP contribution in [0.4, 0.5) is 0 Å². The lowest BCUT2D eigenvalue weighted by atomic mass is 10.0. The van der Waals surface area contributed by atoms with Crippen LogP contribution >= 0.6 is 15.9 Å². The van der Waals surface area contributed by atoms with Crippen LogP contribution in [-0.4, -0.2) is 7.05 Å². The molecule has 0 heterocycles. The van der Waals surface area contributed by atoms with Gasteiger partial charge in [0.2, 0.25) is 0 Å². The highest BCUT2D eigenvalue weighted by Crippen LogP contribution is 2.23. The van der Waals surface area contributed by atoms with Crippen LogP contribution in [0.25, 0.3) is 0 Å². The SMILES string of the molecule is CN[C@H](C)c1cccc(Br)c1C. The molecule has 0 spiro atoms. The van der Waals surface area contributed by atoms with Gasteiger partial charge in [-0.3, -0.25) is 0 Å². The van der Waals surface area contributed by atoms with Crippen LogP contribution in [0.15, 0.2) is 22.7 Å². The molecule has 0 fully saturated rings. The van der Waals surface area contributed by atoms with Gasteiger partial charge in [-0.05, 0) is 38.1 Å². The largest absolute Gasteiger partial charge is 0.313 e. The van der Waals surface area contributed by atoms with Crippen molar-refractivity contribution in [2.45, 2.75) is 19.9 Å². The Balaban J connectivity index is 3.07. The summed E-state index contributed by atoms with van der Waals surface area (Å²) < 4.78 is 1.18. The average Bonchev–Trinajstić information content (AvgIpc) is 2.08. The van der Waals surface area contributed by atoms with Crippen LogP contribution in [0, 0.1) is 6.92 Å². The van der Waals surface area contributed by atoms with Crippen LogP contribution in [-0.2, 0) is 0 Å². The van der Waals surface area contributed by atoms with Gasteiger partial charge in [0.25, 0.3) is 0 Å². The molecule has 0 aliphatic carbocycles. The van der Waals surface area contributed by atoms with E-state index in [1.165, 1.54) is 15.6 Å². The van der Waals surface area contributed by atoms with Crippen molar-refractivity contribution in [2.24, 2.45) is 0 Å². The van der Waals surface area contributed by atoms with Gasteiger partial charge in [0.1, 0.15) is 0 Å². The third kappa shape index (κ3) is 1.87. The van der Waals surface area contributed by atoms with E-state index in [4.69, 9.17) is 0 Å². The van der Waals surface area contributed by atoms with E-state index in [2.05, 4.69) is 53.3 Å². The zero-order chi connectivity index (χ0) is 9.14. The topological polar surface area (TPSA) is 12.0 Å². The summed E-state index contributed by atoms with van der Waals surface area (Å²) in [5.41, 5.74) is 2.67. The van der Waals surface area contributed by atoms with E-state index in [0.717, 1.165) is 0 Å². The maximum atomic E-state index is 3.52. The Morgan fingerprint density at radius 1 is 1.42 bits per heavy atom. The predicted molar refractivity (Wildman–Crippen MR) is 56.4 cm³/mol. The first-order valence-corrected chi connectivity index (χ1v) is 4.88. The summed E-state index contributed by atoms with van der Waals surface area (Å²) in [5.74, 6) is 0. The van der Waals surface area contributed by atoms with Gasteiger partial charge in [-0.25, -0.2) is 0 Å².